The molecule has 0 spiro atoms. The van der Waals surface area contributed by atoms with E-state index >= 15 is 0 Å². The Kier molecular flexibility index (Phi) is 7.81. The third kappa shape index (κ3) is 10.3. The smallest absolute Gasteiger partial charge is 0.265 e. The van der Waals surface area contributed by atoms with Crippen molar-refractivity contribution in [3.05, 3.63) is 0 Å². The lowest BCUT2D eigenvalue weighted by Gasteiger charge is -2.03. The minimum absolute atomic E-state index is 0.196. The largest absolute Gasteiger partial charge is 0.368 e. The van der Waals surface area contributed by atoms with Gasteiger partial charge in [-0.2, -0.15) is 8.42 Å². The second-order valence-electron chi connectivity index (χ2n) is 2.75. The van der Waals surface area contributed by atoms with Gasteiger partial charge >= 0.3 is 0 Å². The average molecular weight is 285 g/mol. The van der Waals surface area contributed by atoms with Gasteiger partial charge in [-0.1, -0.05) is 30.4 Å². The lowest BCUT2D eigenvalue weighted by atomic mass is 10.6. The molecule has 16 heavy (non-hydrogen) atoms. The Labute approximate surface area is 104 Å². The van der Waals surface area contributed by atoms with E-state index in [1.807, 2.05) is 6.92 Å². The molecule has 9 heteroatoms. The Morgan fingerprint density at radius 3 is 2.44 bits per heavy atom. The number of aliphatic imine (C=N–C) groups is 1. The summed E-state index contributed by atoms with van der Waals surface area (Å²) in [4.78, 5) is 3.76. The van der Waals surface area contributed by atoms with Gasteiger partial charge in [0, 0.05) is 5.75 Å². The highest BCUT2D eigenvalue weighted by atomic mass is 32.2. The van der Waals surface area contributed by atoms with Gasteiger partial charge in [-0.3, -0.25) is 9.96 Å². The highest BCUT2D eigenvalue weighted by molar-refractivity contribution is 8.39. The molecule has 4 N–H and O–H groups in total. The van der Waals surface area contributed by atoms with Crippen LogP contribution < -0.4 is 5.73 Å². The van der Waals surface area contributed by atoms with Crippen LogP contribution >= 0.6 is 23.5 Å². The standard InChI is InChI=1S/C7H15N3O3S3/c1-2-3-14-7(10-6(8)9)15-4-5-16(11,12)13/h2-5H2,1H3,(H3,8,9)(H,11,12,13). The topological polar surface area (TPSA) is 117 Å². The van der Waals surface area contributed by atoms with Crippen molar-refractivity contribution in [2.75, 3.05) is 17.3 Å². The van der Waals surface area contributed by atoms with Crippen LogP contribution in [0, 0.1) is 5.41 Å². The van der Waals surface area contributed by atoms with Crippen molar-refractivity contribution < 1.29 is 13.0 Å². The summed E-state index contributed by atoms with van der Waals surface area (Å²) in [6, 6.07) is 0. The number of nitrogens with two attached hydrogens (primary N) is 1. The van der Waals surface area contributed by atoms with Crippen LogP contribution in [0.5, 0.6) is 0 Å². The number of hydrogen-bond acceptors (Lipinski definition) is 5. The van der Waals surface area contributed by atoms with Gasteiger partial charge in [0.15, 0.2) is 0 Å². The van der Waals surface area contributed by atoms with Gasteiger partial charge in [0.25, 0.3) is 10.1 Å². The maximum atomic E-state index is 10.5. The molecule has 0 bridgehead atoms. The molecule has 0 amide bonds. The van der Waals surface area contributed by atoms with E-state index in [9.17, 15) is 8.42 Å². The van der Waals surface area contributed by atoms with Crippen LogP contribution in [-0.2, 0) is 10.1 Å². The quantitative estimate of drug-likeness (QED) is 0.394. The van der Waals surface area contributed by atoms with Gasteiger partial charge in [0.2, 0.25) is 5.96 Å². The number of nitrogens with zero attached hydrogens (tertiary/aromatic N) is 1. The van der Waals surface area contributed by atoms with Crippen LogP contribution in [0.1, 0.15) is 13.3 Å². The van der Waals surface area contributed by atoms with Crippen molar-refractivity contribution >= 4 is 44.0 Å². The molecule has 0 saturated carbocycles. The average Bonchev–Trinajstić information content (AvgIpc) is 2.11. The van der Waals surface area contributed by atoms with E-state index in [0.717, 1.165) is 12.2 Å². The van der Waals surface area contributed by atoms with Crippen molar-refractivity contribution in [3.8, 4) is 0 Å². The first-order valence-corrected chi connectivity index (χ1v) is 8.06. The van der Waals surface area contributed by atoms with Crippen LogP contribution in [0.15, 0.2) is 4.99 Å². The first-order chi connectivity index (χ1) is 7.35. The van der Waals surface area contributed by atoms with E-state index in [-0.39, 0.29) is 17.5 Å². The lowest BCUT2D eigenvalue weighted by molar-refractivity contribution is 0.485. The van der Waals surface area contributed by atoms with Gasteiger partial charge in [-0.05, 0) is 12.2 Å². The second kappa shape index (κ2) is 7.93. The summed E-state index contributed by atoms with van der Waals surface area (Å²) < 4.78 is 30.0. The van der Waals surface area contributed by atoms with Crippen LogP contribution in [0.4, 0.5) is 0 Å². The Hall–Kier alpha value is -0.250. The third-order valence-corrected chi connectivity index (χ3v) is 4.59. The molecule has 0 unspecified atom stereocenters. The molecule has 0 saturated heterocycles. The molecule has 0 rings (SSSR count). The molecule has 0 fully saturated rings. The zero-order valence-electron chi connectivity index (χ0n) is 8.84. The number of hydrogen-bond donors (Lipinski definition) is 3. The number of thioether (sulfide) groups is 2. The SMILES string of the molecule is CCCSC(=NC(=N)N)SCCS(=O)(=O)O. The Morgan fingerprint density at radius 2 is 2.00 bits per heavy atom. The van der Waals surface area contributed by atoms with Crippen LogP contribution in [0.3, 0.4) is 0 Å². The molecule has 0 atom stereocenters. The van der Waals surface area contributed by atoms with Crippen molar-refractivity contribution in [2.45, 2.75) is 13.3 Å². The molecule has 0 heterocycles. The summed E-state index contributed by atoms with van der Waals surface area (Å²) in [6.07, 6.45) is 0.945. The molecule has 0 aliphatic heterocycles. The highest BCUT2D eigenvalue weighted by Gasteiger charge is 2.07. The van der Waals surface area contributed by atoms with E-state index in [0.29, 0.717) is 4.38 Å². The van der Waals surface area contributed by atoms with E-state index in [4.69, 9.17) is 15.7 Å². The summed E-state index contributed by atoms with van der Waals surface area (Å²) in [6.45, 7) is 2.00. The predicted octanol–water partition coefficient (Wildman–Crippen LogP) is 1.00. The fourth-order valence-corrected chi connectivity index (χ4v) is 3.52. The predicted molar refractivity (Wildman–Crippen MR) is 71.0 cm³/mol. The van der Waals surface area contributed by atoms with Crippen molar-refractivity contribution in [3.63, 3.8) is 0 Å². The third-order valence-electron chi connectivity index (χ3n) is 1.21. The first-order valence-electron chi connectivity index (χ1n) is 4.48. The van der Waals surface area contributed by atoms with E-state index in [1.54, 1.807) is 0 Å². The molecule has 0 aliphatic carbocycles. The van der Waals surface area contributed by atoms with Crippen molar-refractivity contribution in [1.82, 2.24) is 0 Å². The van der Waals surface area contributed by atoms with Crippen molar-refractivity contribution in [2.24, 2.45) is 10.7 Å². The Bertz CT molecular complexity index is 353. The monoisotopic (exact) mass is 285 g/mol. The fraction of sp³-hybridized carbons (Fsp3) is 0.714. The zero-order valence-corrected chi connectivity index (χ0v) is 11.3. The van der Waals surface area contributed by atoms with Crippen LogP contribution in [0.2, 0.25) is 0 Å². The van der Waals surface area contributed by atoms with E-state index in [1.165, 1.54) is 23.5 Å². The molecule has 0 aromatic carbocycles. The second-order valence-corrected chi connectivity index (χ2v) is 6.74. The Morgan fingerprint density at radius 1 is 1.44 bits per heavy atom. The molecule has 0 radical (unpaired) electrons. The van der Waals surface area contributed by atoms with Gasteiger partial charge in [-0.25, -0.2) is 4.99 Å². The van der Waals surface area contributed by atoms with Crippen molar-refractivity contribution in [1.29, 1.82) is 5.41 Å². The maximum Gasteiger partial charge on any atom is 0.265 e. The van der Waals surface area contributed by atoms with Gasteiger partial charge in [0.1, 0.15) is 4.38 Å². The molecular weight excluding hydrogens is 270 g/mol. The molecule has 0 aromatic heterocycles. The Balaban J connectivity index is 4.17. The summed E-state index contributed by atoms with van der Waals surface area (Å²) in [5.41, 5.74) is 5.12. The molecule has 94 valence electrons. The summed E-state index contributed by atoms with van der Waals surface area (Å²) in [7, 11) is -3.94. The molecule has 0 aromatic rings. The molecule has 6 nitrogen and oxygen atoms in total. The first kappa shape index (κ1) is 15.8. The number of rotatable bonds is 5. The maximum absolute atomic E-state index is 10.5. The lowest BCUT2D eigenvalue weighted by Crippen LogP contribution is -2.10. The van der Waals surface area contributed by atoms with Gasteiger partial charge < -0.3 is 5.73 Å². The zero-order chi connectivity index (χ0) is 12.6. The van der Waals surface area contributed by atoms with Gasteiger partial charge in [0.05, 0.1) is 5.75 Å². The summed E-state index contributed by atoms with van der Waals surface area (Å²) in [5.74, 6) is 0.381. The minimum atomic E-state index is -3.94. The number of guanidine groups is 1. The van der Waals surface area contributed by atoms with E-state index < -0.39 is 10.1 Å². The molecule has 0 aliphatic rings. The summed E-state index contributed by atoms with van der Waals surface area (Å²) >= 11 is 2.59. The minimum Gasteiger partial charge on any atom is -0.368 e. The highest BCUT2D eigenvalue weighted by Crippen LogP contribution is 2.18. The normalized spacial score (nSPS) is 12.8. The summed E-state index contributed by atoms with van der Waals surface area (Å²) in [5, 5.41) is 7.01. The number of nitrogens with one attached hydrogen (secondary N) is 1. The van der Waals surface area contributed by atoms with E-state index in [2.05, 4.69) is 4.99 Å². The fourth-order valence-electron chi connectivity index (χ4n) is 0.628. The molecular formula is C7H15N3O3S3. The van der Waals surface area contributed by atoms with Crippen LogP contribution in [0.25, 0.3) is 0 Å². The van der Waals surface area contributed by atoms with Gasteiger partial charge in [-0.15, -0.1) is 0 Å². The van der Waals surface area contributed by atoms with Crippen LogP contribution in [-0.4, -0.2) is 40.6 Å².